The molecule has 0 saturated heterocycles. The molecule has 0 aliphatic carbocycles. The van der Waals surface area contributed by atoms with Gasteiger partial charge >= 0.3 is 5.97 Å². The Hall–Kier alpha value is -1.98. The summed E-state index contributed by atoms with van der Waals surface area (Å²) < 4.78 is 31.0. The predicted molar refractivity (Wildman–Crippen MR) is 105 cm³/mol. The van der Waals surface area contributed by atoms with E-state index in [1.54, 1.807) is 12.1 Å². The fraction of sp³-hybridized carbons (Fsp3) is 0.176. The highest BCUT2D eigenvalue weighted by molar-refractivity contribution is 14.1. The maximum Gasteiger partial charge on any atom is 0.338 e. The van der Waals surface area contributed by atoms with Crippen molar-refractivity contribution in [2.45, 2.75) is 4.90 Å². The summed E-state index contributed by atoms with van der Waals surface area (Å²) in [7, 11) is -0.725. The average Bonchev–Trinajstić information content (AvgIpc) is 2.61. The molecule has 0 radical (unpaired) electrons. The van der Waals surface area contributed by atoms with Crippen LogP contribution in [-0.4, -0.2) is 45.3 Å². The van der Waals surface area contributed by atoms with Gasteiger partial charge in [0, 0.05) is 23.4 Å². The van der Waals surface area contributed by atoms with Crippen molar-refractivity contribution < 1.29 is 22.7 Å². The SMILES string of the molecule is CN(C)S(=O)(=O)c1ccc(C(=O)OCC(=O)Nc2ccc(I)cc2)cc1. The van der Waals surface area contributed by atoms with Gasteiger partial charge in [0.2, 0.25) is 10.0 Å². The van der Waals surface area contributed by atoms with E-state index in [2.05, 4.69) is 27.9 Å². The quantitative estimate of drug-likeness (QED) is 0.498. The molecular formula is C17H17IN2O5S. The molecule has 26 heavy (non-hydrogen) atoms. The van der Waals surface area contributed by atoms with Crippen molar-refractivity contribution in [1.29, 1.82) is 0 Å². The summed E-state index contributed by atoms with van der Waals surface area (Å²) in [4.78, 5) is 23.9. The number of esters is 1. The number of carbonyl (C=O) groups excluding carboxylic acids is 2. The summed E-state index contributed by atoms with van der Waals surface area (Å²) in [5, 5.41) is 2.61. The molecule has 2 aromatic rings. The van der Waals surface area contributed by atoms with Crippen LogP contribution in [0.5, 0.6) is 0 Å². The molecule has 0 fully saturated rings. The maximum absolute atomic E-state index is 12.0. The monoisotopic (exact) mass is 488 g/mol. The van der Waals surface area contributed by atoms with Crippen LogP contribution in [0.3, 0.4) is 0 Å². The minimum Gasteiger partial charge on any atom is -0.452 e. The van der Waals surface area contributed by atoms with E-state index < -0.39 is 28.5 Å². The lowest BCUT2D eigenvalue weighted by Crippen LogP contribution is -2.22. The van der Waals surface area contributed by atoms with E-state index in [0.717, 1.165) is 7.88 Å². The zero-order valence-electron chi connectivity index (χ0n) is 14.1. The number of sulfonamides is 1. The third-order valence-electron chi connectivity index (χ3n) is 3.33. The number of nitrogens with zero attached hydrogens (tertiary/aromatic N) is 1. The molecule has 0 unspecified atom stereocenters. The Morgan fingerprint density at radius 1 is 1.04 bits per heavy atom. The van der Waals surface area contributed by atoms with E-state index >= 15 is 0 Å². The Labute approximate surface area is 165 Å². The van der Waals surface area contributed by atoms with Gasteiger partial charge in [-0.1, -0.05) is 0 Å². The second-order valence-corrected chi connectivity index (χ2v) is 8.84. The molecule has 2 rings (SSSR count). The molecule has 0 aliphatic heterocycles. The van der Waals surface area contributed by atoms with Crippen molar-refractivity contribution >= 4 is 50.2 Å². The maximum atomic E-state index is 12.0. The molecule has 1 amide bonds. The summed E-state index contributed by atoms with van der Waals surface area (Å²) in [6.45, 7) is -0.442. The number of benzene rings is 2. The molecule has 0 heterocycles. The first kappa shape index (κ1) is 20.3. The number of rotatable bonds is 6. The van der Waals surface area contributed by atoms with Crippen LogP contribution >= 0.6 is 22.6 Å². The van der Waals surface area contributed by atoms with Gasteiger partial charge < -0.3 is 10.1 Å². The number of ether oxygens (including phenoxy) is 1. The number of anilines is 1. The van der Waals surface area contributed by atoms with Crippen LogP contribution in [0.15, 0.2) is 53.4 Å². The van der Waals surface area contributed by atoms with E-state index in [1.807, 2.05) is 12.1 Å². The lowest BCUT2D eigenvalue weighted by atomic mass is 10.2. The van der Waals surface area contributed by atoms with Crippen molar-refractivity contribution in [2.24, 2.45) is 0 Å². The molecule has 0 atom stereocenters. The molecule has 0 aliphatic rings. The first-order valence-electron chi connectivity index (χ1n) is 7.45. The average molecular weight is 488 g/mol. The molecule has 0 aromatic heterocycles. The van der Waals surface area contributed by atoms with Gasteiger partial charge in [0.15, 0.2) is 6.61 Å². The van der Waals surface area contributed by atoms with Crippen molar-refractivity contribution in [3.8, 4) is 0 Å². The Kier molecular flexibility index (Phi) is 6.73. The van der Waals surface area contributed by atoms with Gasteiger partial charge in [0.1, 0.15) is 0 Å². The predicted octanol–water partition coefficient (Wildman–Crippen LogP) is 2.34. The Morgan fingerprint density at radius 2 is 1.62 bits per heavy atom. The summed E-state index contributed by atoms with van der Waals surface area (Å²) in [6.07, 6.45) is 0. The van der Waals surface area contributed by atoms with Gasteiger partial charge in [-0.15, -0.1) is 0 Å². The smallest absolute Gasteiger partial charge is 0.338 e. The molecule has 0 bridgehead atoms. The van der Waals surface area contributed by atoms with Crippen LogP contribution < -0.4 is 5.32 Å². The van der Waals surface area contributed by atoms with Crippen molar-refractivity contribution in [1.82, 2.24) is 4.31 Å². The van der Waals surface area contributed by atoms with Crippen molar-refractivity contribution in [2.75, 3.05) is 26.0 Å². The van der Waals surface area contributed by atoms with E-state index in [0.29, 0.717) is 5.69 Å². The third-order valence-corrected chi connectivity index (χ3v) is 5.88. The lowest BCUT2D eigenvalue weighted by molar-refractivity contribution is -0.119. The highest BCUT2D eigenvalue weighted by Crippen LogP contribution is 2.15. The topological polar surface area (TPSA) is 92.8 Å². The zero-order valence-corrected chi connectivity index (χ0v) is 17.1. The van der Waals surface area contributed by atoms with Gasteiger partial charge in [0.05, 0.1) is 10.5 Å². The Balaban J connectivity index is 1.93. The van der Waals surface area contributed by atoms with Crippen LogP contribution in [0.25, 0.3) is 0 Å². The first-order chi connectivity index (χ1) is 12.2. The number of hydrogen-bond acceptors (Lipinski definition) is 5. The van der Waals surface area contributed by atoms with Gasteiger partial charge in [-0.05, 0) is 71.1 Å². The van der Waals surface area contributed by atoms with Crippen molar-refractivity contribution in [3.63, 3.8) is 0 Å². The molecule has 9 heteroatoms. The minimum atomic E-state index is -3.57. The Bertz CT molecular complexity index is 894. The zero-order chi connectivity index (χ0) is 19.3. The number of nitrogens with one attached hydrogen (secondary N) is 1. The standard InChI is InChI=1S/C17H17IN2O5S/c1-20(2)26(23,24)15-9-3-12(4-10-15)17(22)25-11-16(21)19-14-7-5-13(18)6-8-14/h3-10H,11H2,1-2H3,(H,19,21). The van der Waals surface area contributed by atoms with Crippen LogP contribution in [0.4, 0.5) is 5.69 Å². The van der Waals surface area contributed by atoms with Gasteiger partial charge in [-0.2, -0.15) is 0 Å². The summed E-state index contributed by atoms with van der Waals surface area (Å²) >= 11 is 2.15. The summed E-state index contributed by atoms with van der Waals surface area (Å²) in [5.41, 5.74) is 0.759. The first-order valence-corrected chi connectivity index (χ1v) is 9.97. The molecule has 2 aromatic carbocycles. The third kappa shape index (κ3) is 5.26. The summed E-state index contributed by atoms with van der Waals surface area (Å²) in [5.74, 6) is -1.18. The van der Waals surface area contributed by atoms with E-state index in [9.17, 15) is 18.0 Å². The molecule has 1 N–H and O–H groups in total. The van der Waals surface area contributed by atoms with Crippen LogP contribution in [-0.2, 0) is 19.6 Å². The van der Waals surface area contributed by atoms with Crippen molar-refractivity contribution in [3.05, 3.63) is 57.7 Å². The fourth-order valence-corrected chi connectivity index (χ4v) is 3.18. The molecule has 138 valence electrons. The van der Waals surface area contributed by atoms with Crippen LogP contribution in [0.2, 0.25) is 0 Å². The van der Waals surface area contributed by atoms with Crippen LogP contribution in [0, 0.1) is 3.57 Å². The van der Waals surface area contributed by atoms with E-state index in [4.69, 9.17) is 4.74 Å². The largest absolute Gasteiger partial charge is 0.452 e. The highest BCUT2D eigenvalue weighted by atomic mass is 127. The molecule has 0 spiro atoms. The Morgan fingerprint density at radius 3 is 2.15 bits per heavy atom. The van der Waals surface area contributed by atoms with E-state index in [1.165, 1.54) is 38.4 Å². The molecule has 7 nitrogen and oxygen atoms in total. The minimum absolute atomic E-state index is 0.0653. The van der Waals surface area contributed by atoms with E-state index in [-0.39, 0.29) is 10.5 Å². The highest BCUT2D eigenvalue weighted by Gasteiger charge is 2.18. The van der Waals surface area contributed by atoms with Crippen LogP contribution in [0.1, 0.15) is 10.4 Å². The van der Waals surface area contributed by atoms with Gasteiger partial charge in [-0.25, -0.2) is 17.5 Å². The fourth-order valence-electron chi connectivity index (χ4n) is 1.92. The number of halogens is 1. The lowest BCUT2D eigenvalue weighted by Gasteiger charge is -2.11. The van der Waals surface area contributed by atoms with Gasteiger partial charge in [-0.3, -0.25) is 4.79 Å². The molecular weight excluding hydrogens is 471 g/mol. The molecule has 0 saturated carbocycles. The number of carbonyl (C=O) groups is 2. The second-order valence-electron chi connectivity index (χ2n) is 5.44. The number of hydrogen-bond donors (Lipinski definition) is 1. The van der Waals surface area contributed by atoms with Gasteiger partial charge in [0.25, 0.3) is 5.91 Å². The second kappa shape index (κ2) is 8.60. The summed E-state index contributed by atoms with van der Waals surface area (Å²) in [6, 6.07) is 12.5. The number of amides is 1. The normalized spacial score (nSPS) is 11.2.